The van der Waals surface area contributed by atoms with Gasteiger partial charge in [0.05, 0.1) is 4.90 Å². The van der Waals surface area contributed by atoms with Gasteiger partial charge in [0.15, 0.2) is 0 Å². The minimum atomic E-state index is -3.62. The van der Waals surface area contributed by atoms with Crippen molar-refractivity contribution in [2.75, 3.05) is 26.2 Å². The fourth-order valence-corrected chi connectivity index (χ4v) is 3.47. The highest BCUT2D eigenvalue weighted by Gasteiger charge is 2.32. The van der Waals surface area contributed by atoms with Crippen LogP contribution >= 0.6 is 0 Å². The summed E-state index contributed by atoms with van der Waals surface area (Å²) in [4.78, 5) is 12.3. The molecule has 1 aliphatic heterocycles. The molecule has 1 aliphatic rings. The quantitative estimate of drug-likeness (QED) is 0.829. The molecule has 1 aromatic rings. The maximum absolute atomic E-state index is 12.3. The molecule has 0 N–H and O–H groups in total. The predicted octanol–water partition coefficient (Wildman–Crippen LogP) is 0.785. The number of sulfonamides is 1. The standard InChI is InChI=1S/C12H14F2N2O3S/c13-11(14)12(17)15-6-8-16(9-7-15)20(18,19)10-4-2-1-3-5-10/h1-5,11H,6-9H2. The van der Waals surface area contributed by atoms with E-state index in [2.05, 4.69) is 0 Å². The number of nitrogens with zero attached hydrogens (tertiary/aromatic N) is 2. The molecule has 0 aliphatic carbocycles. The molecule has 2 rings (SSSR count). The van der Waals surface area contributed by atoms with Crippen molar-refractivity contribution in [3.8, 4) is 0 Å². The van der Waals surface area contributed by atoms with Gasteiger partial charge in [-0.15, -0.1) is 0 Å². The van der Waals surface area contributed by atoms with E-state index in [9.17, 15) is 22.0 Å². The van der Waals surface area contributed by atoms with Crippen molar-refractivity contribution >= 4 is 15.9 Å². The highest BCUT2D eigenvalue weighted by molar-refractivity contribution is 7.89. The Hall–Kier alpha value is -1.54. The van der Waals surface area contributed by atoms with E-state index in [4.69, 9.17) is 0 Å². The first-order chi connectivity index (χ1) is 9.43. The van der Waals surface area contributed by atoms with Crippen LogP contribution < -0.4 is 0 Å². The summed E-state index contributed by atoms with van der Waals surface area (Å²) in [6, 6.07) is 7.89. The van der Waals surface area contributed by atoms with E-state index in [0.29, 0.717) is 0 Å². The number of carbonyl (C=O) groups excluding carboxylic acids is 1. The number of alkyl halides is 2. The molecule has 0 spiro atoms. The Morgan fingerprint density at radius 3 is 2.10 bits per heavy atom. The Labute approximate surface area is 115 Å². The molecular weight excluding hydrogens is 290 g/mol. The number of benzene rings is 1. The highest BCUT2D eigenvalue weighted by atomic mass is 32.2. The number of hydrogen-bond donors (Lipinski definition) is 0. The number of rotatable bonds is 3. The third kappa shape index (κ3) is 2.96. The third-order valence-electron chi connectivity index (χ3n) is 3.12. The highest BCUT2D eigenvalue weighted by Crippen LogP contribution is 2.17. The summed E-state index contributed by atoms with van der Waals surface area (Å²) < 4.78 is 50.3. The van der Waals surface area contributed by atoms with Crippen LogP contribution in [0, 0.1) is 0 Å². The van der Waals surface area contributed by atoms with Gasteiger partial charge < -0.3 is 4.90 Å². The van der Waals surface area contributed by atoms with Crippen molar-refractivity contribution in [2.45, 2.75) is 11.3 Å². The minimum absolute atomic E-state index is 0.0186. The summed E-state index contributed by atoms with van der Waals surface area (Å²) in [7, 11) is -3.62. The molecule has 0 atom stereocenters. The van der Waals surface area contributed by atoms with Crippen molar-refractivity contribution in [1.82, 2.24) is 9.21 Å². The number of carbonyl (C=O) groups is 1. The third-order valence-corrected chi connectivity index (χ3v) is 5.03. The number of amides is 1. The molecule has 110 valence electrons. The molecule has 1 aromatic carbocycles. The van der Waals surface area contributed by atoms with Crippen LogP contribution in [0.15, 0.2) is 35.2 Å². The van der Waals surface area contributed by atoms with Gasteiger partial charge in [0.25, 0.3) is 5.91 Å². The molecule has 8 heteroatoms. The van der Waals surface area contributed by atoms with E-state index in [1.54, 1.807) is 18.2 Å². The van der Waals surface area contributed by atoms with Crippen molar-refractivity contribution in [3.63, 3.8) is 0 Å². The lowest BCUT2D eigenvalue weighted by molar-refractivity contribution is -0.144. The van der Waals surface area contributed by atoms with Gasteiger partial charge >= 0.3 is 6.43 Å². The molecule has 5 nitrogen and oxygen atoms in total. The maximum atomic E-state index is 12.3. The minimum Gasteiger partial charge on any atom is -0.335 e. The molecule has 0 aromatic heterocycles. The molecule has 0 unspecified atom stereocenters. The topological polar surface area (TPSA) is 57.7 Å². The Balaban J connectivity index is 2.06. The fraction of sp³-hybridized carbons (Fsp3) is 0.417. The molecule has 1 fully saturated rings. The summed E-state index contributed by atoms with van der Waals surface area (Å²) in [5, 5.41) is 0. The average molecular weight is 304 g/mol. The summed E-state index contributed by atoms with van der Waals surface area (Å²) >= 11 is 0. The zero-order valence-corrected chi connectivity index (χ0v) is 11.4. The van der Waals surface area contributed by atoms with Gasteiger partial charge in [0.1, 0.15) is 0 Å². The molecule has 0 bridgehead atoms. The van der Waals surface area contributed by atoms with E-state index < -0.39 is 22.4 Å². The molecule has 1 heterocycles. The number of piperazine rings is 1. The van der Waals surface area contributed by atoms with Crippen LogP contribution in [0.1, 0.15) is 0 Å². The van der Waals surface area contributed by atoms with Crippen LogP contribution in [0.25, 0.3) is 0 Å². The summed E-state index contributed by atoms with van der Waals surface area (Å²) in [5.74, 6) is -1.25. The lowest BCUT2D eigenvalue weighted by atomic mass is 10.3. The Morgan fingerprint density at radius 1 is 1.05 bits per heavy atom. The lowest BCUT2D eigenvalue weighted by Crippen LogP contribution is -2.51. The predicted molar refractivity (Wildman–Crippen MR) is 67.8 cm³/mol. The van der Waals surface area contributed by atoms with Gasteiger partial charge in [-0.2, -0.15) is 13.1 Å². The van der Waals surface area contributed by atoms with Gasteiger partial charge in [0, 0.05) is 26.2 Å². The van der Waals surface area contributed by atoms with Crippen LogP contribution in [0.2, 0.25) is 0 Å². The van der Waals surface area contributed by atoms with Crippen molar-refractivity contribution in [1.29, 1.82) is 0 Å². The average Bonchev–Trinajstić information content (AvgIpc) is 2.47. The van der Waals surface area contributed by atoms with Crippen LogP contribution in [-0.2, 0) is 14.8 Å². The van der Waals surface area contributed by atoms with Crippen molar-refractivity contribution in [3.05, 3.63) is 30.3 Å². The molecule has 1 saturated heterocycles. The van der Waals surface area contributed by atoms with E-state index in [0.717, 1.165) is 4.90 Å². The molecule has 0 radical (unpaired) electrons. The zero-order chi connectivity index (χ0) is 14.8. The van der Waals surface area contributed by atoms with E-state index in [1.165, 1.54) is 16.4 Å². The van der Waals surface area contributed by atoms with Crippen LogP contribution in [0.3, 0.4) is 0 Å². The van der Waals surface area contributed by atoms with Gasteiger partial charge in [-0.1, -0.05) is 18.2 Å². The first-order valence-electron chi connectivity index (χ1n) is 6.05. The van der Waals surface area contributed by atoms with Gasteiger partial charge in [0.2, 0.25) is 10.0 Å². The SMILES string of the molecule is O=C(C(F)F)N1CCN(S(=O)(=O)c2ccccc2)CC1. The fourth-order valence-electron chi connectivity index (χ4n) is 2.03. The Kier molecular flexibility index (Phi) is 4.34. The number of halogens is 2. The second kappa shape index (κ2) is 5.84. The van der Waals surface area contributed by atoms with Crippen LogP contribution in [-0.4, -0.2) is 56.1 Å². The lowest BCUT2D eigenvalue weighted by Gasteiger charge is -2.33. The van der Waals surface area contributed by atoms with E-state index >= 15 is 0 Å². The first-order valence-corrected chi connectivity index (χ1v) is 7.49. The first kappa shape index (κ1) is 14.9. The van der Waals surface area contributed by atoms with Gasteiger partial charge in [-0.25, -0.2) is 8.42 Å². The second-order valence-electron chi connectivity index (χ2n) is 4.34. The van der Waals surface area contributed by atoms with Gasteiger partial charge in [-0.3, -0.25) is 4.79 Å². The summed E-state index contributed by atoms with van der Waals surface area (Å²) in [6.07, 6.45) is -3.05. The maximum Gasteiger partial charge on any atom is 0.315 e. The van der Waals surface area contributed by atoms with Crippen LogP contribution in [0.4, 0.5) is 8.78 Å². The van der Waals surface area contributed by atoms with Crippen LogP contribution in [0.5, 0.6) is 0 Å². The zero-order valence-electron chi connectivity index (χ0n) is 10.6. The van der Waals surface area contributed by atoms with Crippen molar-refractivity contribution in [2.24, 2.45) is 0 Å². The van der Waals surface area contributed by atoms with E-state index in [1.807, 2.05) is 0 Å². The normalized spacial score (nSPS) is 17.4. The smallest absolute Gasteiger partial charge is 0.315 e. The molecular formula is C12H14F2N2O3S. The Morgan fingerprint density at radius 2 is 1.60 bits per heavy atom. The summed E-state index contributed by atoms with van der Waals surface area (Å²) in [5.41, 5.74) is 0. The second-order valence-corrected chi connectivity index (χ2v) is 6.28. The number of hydrogen-bond acceptors (Lipinski definition) is 3. The van der Waals surface area contributed by atoms with E-state index in [-0.39, 0.29) is 31.1 Å². The molecule has 0 saturated carbocycles. The Bertz CT molecular complexity index is 570. The summed E-state index contributed by atoms with van der Waals surface area (Å²) in [6.45, 7) is 0.00977. The molecule has 20 heavy (non-hydrogen) atoms. The van der Waals surface area contributed by atoms with Gasteiger partial charge in [-0.05, 0) is 12.1 Å². The monoisotopic (exact) mass is 304 g/mol. The largest absolute Gasteiger partial charge is 0.335 e. The molecule has 1 amide bonds. The van der Waals surface area contributed by atoms with Crippen molar-refractivity contribution < 1.29 is 22.0 Å².